The number of aromatic nitrogens is 2. The summed E-state index contributed by atoms with van der Waals surface area (Å²) in [7, 11) is 1.94. The third-order valence-corrected chi connectivity index (χ3v) is 4.62. The largest absolute Gasteiger partial charge is 0.373 e. The summed E-state index contributed by atoms with van der Waals surface area (Å²) in [5.74, 6) is 4.61. The van der Waals surface area contributed by atoms with Crippen LogP contribution in [-0.2, 0) is 5.41 Å². The Bertz CT molecular complexity index is 512. The van der Waals surface area contributed by atoms with E-state index in [-0.39, 0.29) is 5.41 Å². The van der Waals surface area contributed by atoms with Gasteiger partial charge in [0, 0.05) is 24.1 Å². The molecule has 0 aliphatic heterocycles. The van der Waals surface area contributed by atoms with Crippen LogP contribution in [0.5, 0.6) is 0 Å². The van der Waals surface area contributed by atoms with Gasteiger partial charge in [-0.1, -0.05) is 20.8 Å². The van der Waals surface area contributed by atoms with Gasteiger partial charge in [-0.15, -0.1) is 0 Å². The van der Waals surface area contributed by atoms with Crippen molar-refractivity contribution in [3.05, 3.63) is 11.4 Å². The number of hydrogen-bond acceptors (Lipinski definition) is 4. The Morgan fingerprint density at radius 2 is 1.52 bits per heavy atom. The number of rotatable bonds is 5. The molecule has 2 saturated carbocycles. The van der Waals surface area contributed by atoms with Crippen molar-refractivity contribution >= 4 is 11.6 Å². The van der Waals surface area contributed by atoms with Crippen molar-refractivity contribution in [2.45, 2.75) is 64.8 Å². The highest BCUT2D eigenvalue weighted by Gasteiger charge is 2.42. The predicted octanol–water partition coefficient (Wildman–Crippen LogP) is 3.72. The third kappa shape index (κ3) is 3.14. The normalized spacial score (nSPS) is 19.0. The van der Waals surface area contributed by atoms with Gasteiger partial charge in [0.1, 0.15) is 17.5 Å². The highest BCUT2D eigenvalue weighted by atomic mass is 15.1. The molecule has 4 nitrogen and oxygen atoms in total. The zero-order valence-corrected chi connectivity index (χ0v) is 14.0. The molecule has 1 aromatic rings. The molecule has 2 aliphatic rings. The lowest BCUT2D eigenvalue weighted by atomic mass is 9.95. The molecule has 0 atom stereocenters. The first-order chi connectivity index (χ1) is 9.90. The van der Waals surface area contributed by atoms with Crippen molar-refractivity contribution in [2.75, 3.05) is 17.7 Å². The molecule has 21 heavy (non-hydrogen) atoms. The number of anilines is 2. The molecule has 3 rings (SSSR count). The molecule has 2 fully saturated rings. The lowest BCUT2D eigenvalue weighted by Gasteiger charge is -2.24. The van der Waals surface area contributed by atoms with Gasteiger partial charge in [0.2, 0.25) is 0 Å². The number of hydrogen-bond donors (Lipinski definition) is 2. The zero-order valence-electron chi connectivity index (χ0n) is 14.0. The highest BCUT2D eigenvalue weighted by Crippen LogP contribution is 2.46. The number of nitrogens with zero attached hydrogens (tertiary/aromatic N) is 2. The summed E-state index contributed by atoms with van der Waals surface area (Å²) < 4.78 is 0. The Labute approximate surface area is 128 Å². The quantitative estimate of drug-likeness (QED) is 0.867. The van der Waals surface area contributed by atoms with Crippen molar-refractivity contribution in [1.29, 1.82) is 0 Å². The van der Waals surface area contributed by atoms with Crippen LogP contribution in [0, 0.1) is 18.8 Å². The fourth-order valence-corrected chi connectivity index (χ4v) is 2.93. The van der Waals surface area contributed by atoms with E-state index >= 15 is 0 Å². The third-order valence-electron chi connectivity index (χ3n) is 4.62. The fraction of sp³-hybridized carbons (Fsp3) is 0.765. The molecule has 1 heterocycles. The van der Waals surface area contributed by atoms with Gasteiger partial charge in [-0.2, -0.15) is 0 Å². The maximum Gasteiger partial charge on any atom is 0.138 e. The van der Waals surface area contributed by atoms with Crippen molar-refractivity contribution < 1.29 is 0 Å². The second kappa shape index (κ2) is 5.15. The molecule has 1 aromatic heterocycles. The minimum absolute atomic E-state index is 0.0373. The Morgan fingerprint density at radius 3 is 1.95 bits per heavy atom. The van der Waals surface area contributed by atoms with Crippen molar-refractivity contribution in [1.82, 2.24) is 9.97 Å². The molecule has 0 aromatic carbocycles. The van der Waals surface area contributed by atoms with Crippen LogP contribution in [0.25, 0.3) is 0 Å². The van der Waals surface area contributed by atoms with Gasteiger partial charge >= 0.3 is 0 Å². The van der Waals surface area contributed by atoms with Crippen LogP contribution >= 0.6 is 0 Å². The molecule has 2 aliphatic carbocycles. The summed E-state index contributed by atoms with van der Waals surface area (Å²) in [4.78, 5) is 9.54. The van der Waals surface area contributed by atoms with E-state index in [0.717, 1.165) is 34.9 Å². The standard InChI is InChI=1S/C17H28N4/c1-10-14(18-5)20-16(17(2,3)4)21-15(10)19-13(11-6-7-11)12-8-9-12/h11-13H,6-9H2,1-5H3,(H2,18,19,20,21). The Morgan fingerprint density at radius 1 is 1.00 bits per heavy atom. The lowest BCUT2D eigenvalue weighted by molar-refractivity contribution is 0.539. The average molecular weight is 288 g/mol. The first-order valence-corrected chi connectivity index (χ1v) is 8.23. The monoisotopic (exact) mass is 288 g/mol. The van der Waals surface area contributed by atoms with Crippen LogP contribution in [0.3, 0.4) is 0 Å². The first-order valence-electron chi connectivity index (χ1n) is 8.23. The molecule has 0 saturated heterocycles. The van der Waals surface area contributed by atoms with Gasteiger partial charge in [0.25, 0.3) is 0 Å². The topological polar surface area (TPSA) is 49.8 Å². The van der Waals surface area contributed by atoms with E-state index < -0.39 is 0 Å². The summed E-state index contributed by atoms with van der Waals surface area (Å²) in [6.45, 7) is 8.61. The molecular formula is C17H28N4. The van der Waals surface area contributed by atoms with Crippen LogP contribution in [0.1, 0.15) is 57.8 Å². The van der Waals surface area contributed by atoms with E-state index in [1.165, 1.54) is 25.7 Å². The summed E-state index contributed by atoms with van der Waals surface area (Å²) in [5.41, 5.74) is 1.10. The second-order valence-electron chi connectivity index (χ2n) is 7.71. The fourth-order valence-electron chi connectivity index (χ4n) is 2.93. The molecule has 4 heteroatoms. The van der Waals surface area contributed by atoms with Gasteiger partial charge in [-0.3, -0.25) is 0 Å². The van der Waals surface area contributed by atoms with Gasteiger partial charge in [-0.25, -0.2) is 9.97 Å². The van der Waals surface area contributed by atoms with E-state index in [0.29, 0.717) is 6.04 Å². The summed E-state index contributed by atoms with van der Waals surface area (Å²) in [6.07, 6.45) is 5.51. The van der Waals surface area contributed by atoms with Crippen molar-refractivity contribution in [2.24, 2.45) is 11.8 Å². The Balaban J connectivity index is 1.92. The summed E-state index contributed by atoms with van der Waals surface area (Å²) >= 11 is 0. The molecule has 2 N–H and O–H groups in total. The van der Waals surface area contributed by atoms with E-state index in [9.17, 15) is 0 Å². The predicted molar refractivity (Wildman–Crippen MR) is 87.9 cm³/mol. The van der Waals surface area contributed by atoms with Crippen LogP contribution in [0.2, 0.25) is 0 Å². The second-order valence-corrected chi connectivity index (χ2v) is 7.71. The molecular weight excluding hydrogens is 260 g/mol. The van der Waals surface area contributed by atoms with Gasteiger partial charge in [-0.05, 0) is 44.4 Å². The smallest absolute Gasteiger partial charge is 0.138 e. The Kier molecular flexibility index (Phi) is 3.58. The summed E-state index contributed by atoms with van der Waals surface area (Å²) in [6, 6.07) is 0.621. The van der Waals surface area contributed by atoms with Crippen LogP contribution < -0.4 is 10.6 Å². The maximum absolute atomic E-state index is 4.85. The van der Waals surface area contributed by atoms with Crippen LogP contribution in [-0.4, -0.2) is 23.1 Å². The molecule has 0 unspecified atom stereocenters. The van der Waals surface area contributed by atoms with E-state index in [2.05, 4.69) is 43.3 Å². The van der Waals surface area contributed by atoms with Crippen LogP contribution in [0.4, 0.5) is 11.6 Å². The zero-order chi connectivity index (χ0) is 15.2. The number of nitrogens with one attached hydrogen (secondary N) is 2. The SMILES string of the molecule is CNc1nc(C(C)(C)C)nc(NC(C2CC2)C2CC2)c1C. The van der Waals surface area contributed by atoms with Gasteiger partial charge in [0.05, 0.1) is 0 Å². The highest BCUT2D eigenvalue weighted by molar-refractivity contribution is 5.58. The van der Waals surface area contributed by atoms with Crippen LogP contribution in [0.15, 0.2) is 0 Å². The van der Waals surface area contributed by atoms with Crippen molar-refractivity contribution in [3.63, 3.8) is 0 Å². The van der Waals surface area contributed by atoms with E-state index in [1.807, 2.05) is 7.05 Å². The summed E-state index contributed by atoms with van der Waals surface area (Å²) in [5, 5.41) is 6.99. The van der Waals surface area contributed by atoms with Gasteiger partial charge < -0.3 is 10.6 Å². The lowest BCUT2D eigenvalue weighted by Crippen LogP contribution is -2.27. The first kappa shape index (κ1) is 14.6. The Hall–Kier alpha value is -1.32. The van der Waals surface area contributed by atoms with E-state index in [1.54, 1.807) is 0 Å². The minimum Gasteiger partial charge on any atom is -0.373 e. The maximum atomic E-state index is 4.85. The molecule has 116 valence electrons. The average Bonchev–Trinajstić information content (AvgIpc) is 3.27. The minimum atomic E-state index is -0.0373. The molecule has 0 spiro atoms. The molecule has 0 radical (unpaired) electrons. The van der Waals surface area contributed by atoms with E-state index in [4.69, 9.17) is 4.98 Å². The molecule has 0 amide bonds. The molecule has 0 bridgehead atoms. The van der Waals surface area contributed by atoms with Gasteiger partial charge in [0.15, 0.2) is 0 Å². The van der Waals surface area contributed by atoms with Crippen molar-refractivity contribution in [3.8, 4) is 0 Å².